The summed E-state index contributed by atoms with van der Waals surface area (Å²) in [4.78, 5) is 35.1. The summed E-state index contributed by atoms with van der Waals surface area (Å²) in [5.74, 6) is -2.36. The van der Waals surface area contributed by atoms with Crippen LogP contribution in [-0.2, 0) is 22.6 Å². The van der Waals surface area contributed by atoms with Crippen LogP contribution in [0.1, 0.15) is 18.5 Å². The number of aromatic nitrogens is 5. The number of carbonyl (C=O) groups excluding carboxylic acids is 2. The van der Waals surface area contributed by atoms with E-state index >= 15 is 4.39 Å². The maximum absolute atomic E-state index is 15.5. The van der Waals surface area contributed by atoms with Gasteiger partial charge < -0.3 is 15.0 Å². The van der Waals surface area contributed by atoms with Crippen LogP contribution in [0.4, 0.5) is 20.2 Å². The molecule has 0 spiro atoms. The predicted molar refractivity (Wildman–Crippen MR) is 141 cm³/mol. The molecule has 0 saturated heterocycles. The number of nitrogens with zero attached hydrogens (tertiary/aromatic N) is 5. The Morgan fingerprint density at radius 3 is 2.50 bits per heavy atom. The van der Waals surface area contributed by atoms with Gasteiger partial charge in [-0.05, 0) is 55.3 Å². The molecular formula is C28H23F2N7O3. The van der Waals surface area contributed by atoms with Crippen molar-refractivity contribution in [1.82, 2.24) is 24.7 Å². The number of hydrogen-bond acceptors (Lipinski definition) is 6. The normalized spacial score (nSPS) is 13.8. The Hall–Kier alpha value is -5.13. The third-order valence-corrected chi connectivity index (χ3v) is 6.98. The van der Waals surface area contributed by atoms with E-state index in [9.17, 15) is 14.0 Å². The number of amides is 2. The fraction of sp³-hybridized carbons (Fsp3) is 0.179. The van der Waals surface area contributed by atoms with Gasteiger partial charge in [0.15, 0.2) is 17.2 Å². The number of carbonyl (C=O) groups is 2. The molecule has 0 aliphatic heterocycles. The number of benzene rings is 2. The lowest BCUT2D eigenvalue weighted by molar-refractivity contribution is -0.133. The predicted octanol–water partition coefficient (Wildman–Crippen LogP) is 4.40. The molecule has 1 aliphatic rings. The van der Waals surface area contributed by atoms with Crippen molar-refractivity contribution in [3.8, 4) is 11.5 Å². The Morgan fingerprint density at radius 1 is 1.05 bits per heavy atom. The van der Waals surface area contributed by atoms with Crippen LogP contribution in [0.15, 0.2) is 73.4 Å². The quantitative estimate of drug-likeness (QED) is 0.265. The number of imidazole rings is 1. The molecule has 1 aliphatic carbocycles. The molecule has 3 heterocycles. The second kappa shape index (κ2) is 9.88. The van der Waals surface area contributed by atoms with Gasteiger partial charge in [0.05, 0.1) is 23.1 Å². The number of hydrogen-bond donors (Lipinski definition) is 2. The molecule has 10 nitrogen and oxygen atoms in total. The molecule has 5 aromatic rings. The van der Waals surface area contributed by atoms with Crippen LogP contribution >= 0.6 is 0 Å². The maximum Gasteiger partial charge on any atom is 0.247 e. The number of nitrogens with two attached hydrogens (primary N) is 1. The number of halogens is 2. The number of aryl methyl sites for hydroxylation is 2. The van der Waals surface area contributed by atoms with Crippen molar-refractivity contribution in [2.75, 3.05) is 4.90 Å². The highest BCUT2D eigenvalue weighted by molar-refractivity contribution is 6.16. The molecule has 2 aromatic carbocycles. The van der Waals surface area contributed by atoms with Gasteiger partial charge in [0.1, 0.15) is 17.0 Å². The van der Waals surface area contributed by atoms with Crippen LogP contribution in [0.5, 0.6) is 11.5 Å². The zero-order chi connectivity index (χ0) is 27.9. The fourth-order valence-electron chi connectivity index (χ4n) is 4.61. The monoisotopic (exact) mass is 543 g/mol. The molecule has 0 atom stereocenters. The number of fused-ring (bicyclic) bond motifs is 1. The van der Waals surface area contributed by atoms with Crippen LogP contribution in [0.2, 0.25) is 0 Å². The number of aromatic amines is 1. The minimum Gasteiger partial charge on any atom is -0.453 e. The van der Waals surface area contributed by atoms with E-state index in [-0.39, 0.29) is 30.0 Å². The van der Waals surface area contributed by atoms with E-state index in [1.165, 1.54) is 47.5 Å². The van der Waals surface area contributed by atoms with Gasteiger partial charge in [-0.2, -0.15) is 5.10 Å². The molecular weight excluding hydrogens is 520 g/mol. The molecule has 0 bridgehead atoms. The lowest BCUT2D eigenvalue weighted by Crippen LogP contribution is -2.41. The zero-order valence-corrected chi connectivity index (χ0v) is 21.1. The van der Waals surface area contributed by atoms with E-state index in [0.29, 0.717) is 35.4 Å². The molecule has 202 valence electrons. The highest BCUT2D eigenvalue weighted by Gasteiger charge is 2.57. The SMILES string of the molecule is NC(=O)C1(C(=O)N(c2ccc(F)cc2)c2ccc(Oc3ccnc4[nH]nc(CCn5ccnc5)c34)c(F)c2)CC1. The number of anilines is 2. The lowest BCUT2D eigenvalue weighted by Gasteiger charge is -2.26. The lowest BCUT2D eigenvalue weighted by atomic mass is 10.0. The minimum absolute atomic E-state index is 0.0967. The largest absolute Gasteiger partial charge is 0.453 e. The van der Waals surface area contributed by atoms with Crippen LogP contribution in [-0.4, -0.2) is 36.5 Å². The molecule has 40 heavy (non-hydrogen) atoms. The second-order valence-electron chi connectivity index (χ2n) is 9.53. The Labute approximate surface area is 226 Å². The molecule has 3 N–H and O–H groups in total. The smallest absolute Gasteiger partial charge is 0.247 e. The highest BCUT2D eigenvalue weighted by Crippen LogP contribution is 2.49. The van der Waals surface area contributed by atoms with Gasteiger partial charge in [-0.15, -0.1) is 0 Å². The summed E-state index contributed by atoms with van der Waals surface area (Å²) in [5, 5.41) is 7.85. The summed E-state index contributed by atoms with van der Waals surface area (Å²) in [6, 6.07) is 10.7. The minimum atomic E-state index is -1.38. The summed E-state index contributed by atoms with van der Waals surface area (Å²) in [7, 11) is 0. The fourth-order valence-corrected chi connectivity index (χ4v) is 4.61. The first kappa shape index (κ1) is 25.2. The first-order valence-electron chi connectivity index (χ1n) is 12.5. The van der Waals surface area contributed by atoms with Crippen molar-refractivity contribution >= 4 is 34.2 Å². The first-order chi connectivity index (χ1) is 19.4. The molecule has 12 heteroatoms. The maximum atomic E-state index is 15.5. The van der Waals surface area contributed by atoms with Crippen molar-refractivity contribution in [1.29, 1.82) is 0 Å². The Kier molecular flexibility index (Phi) is 6.21. The van der Waals surface area contributed by atoms with Gasteiger partial charge in [-0.25, -0.2) is 18.7 Å². The molecule has 2 amide bonds. The third-order valence-electron chi connectivity index (χ3n) is 6.98. The van der Waals surface area contributed by atoms with Gasteiger partial charge in [0.25, 0.3) is 0 Å². The number of primary amides is 1. The van der Waals surface area contributed by atoms with Crippen molar-refractivity contribution in [2.45, 2.75) is 25.8 Å². The average Bonchev–Trinajstić information content (AvgIpc) is 3.40. The van der Waals surface area contributed by atoms with Gasteiger partial charge in [0, 0.05) is 43.3 Å². The van der Waals surface area contributed by atoms with Crippen LogP contribution in [0, 0.1) is 17.0 Å². The molecule has 1 saturated carbocycles. The second-order valence-corrected chi connectivity index (χ2v) is 9.53. The van der Waals surface area contributed by atoms with Gasteiger partial charge >= 0.3 is 0 Å². The molecule has 6 rings (SSSR count). The van der Waals surface area contributed by atoms with E-state index in [0.717, 1.165) is 6.07 Å². The van der Waals surface area contributed by atoms with Crippen molar-refractivity contribution in [3.63, 3.8) is 0 Å². The van der Waals surface area contributed by atoms with Gasteiger partial charge in [0.2, 0.25) is 11.8 Å². The summed E-state index contributed by atoms with van der Waals surface area (Å²) in [5.41, 5.74) is 5.74. The topological polar surface area (TPSA) is 132 Å². The van der Waals surface area contributed by atoms with Gasteiger partial charge in [-0.1, -0.05) is 0 Å². The number of H-pyrrole nitrogens is 1. The van der Waals surface area contributed by atoms with E-state index in [2.05, 4.69) is 20.2 Å². The first-order valence-corrected chi connectivity index (χ1v) is 12.5. The standard InChI is InChI=1S/C28H23F2N7O3/c29-17-1-3-18(4-2-17)37(27(39)28(9-10-28)26(31)38)19-5-6-22(20(30)15-19)40-23-7-11-33-25-24(23)21(34-35-25)8-13-36-14-12-32-16-36/h1-7,11-12,14-16H,8-10,13H2,(H2,31,38)(H,33,34,35). The summed E-state index contributed by atoms with van der Waals surface area (Å²) in [6.07, 6.45) is 7.88. The Balaban J connectivity index is 1.32. The molecule has 1 fully saturated rings. The third kappa shape index (κ3) is 4.53. The van der Waals surface area contributed by atoms with Gasteiger partial charge in [-0.3, -0.25) is 19.6 Å². The van der Waals surface area contributed by atoms with E-state index < -0.39 is 28.9 Å². The van der Waals surface area contributed by atoms with Crippen LogP contribution in [0.3, 0.4) is 0 Å². The zero-order valence-electron chi connectivity index (χ0n) is 21.1. The number of pyridine rings is 1. The van der Waals surface area contributed by atoms with E-state index in [4.69, 9.17) is 10.5 Å². The summed E-state index contributed by atoms with van der Waals surface area (Å²) < 4.78 is 37.0. The van der Waals surface area contributed by atoms with Crippen LogP contribution < -0.4 is 15.4 Å². The number of nitrogens with one attached hydrogen (secondary N) is 1. The van der Waals surface area contributed by atoms with Crippen LogP contribution in [0.25, 0.3) is 11.0 Å². The molecule has 3 aromatic heterocycles. The molecule has 0 radical (unpaired) electrons. The number of ether oxygens (including phenoxy) is 1. The van der Waals surface area contributed by atoms with Crippen molar-refractivity contribution in [3.05, 3.63) is 90.8 Å². The highest BCUT2D eigenvalue weighted by atomic mass is 19.1. The van der Waals surface area contributed by atoms with Crippen molar-refractivity contribution in [2.24, 2.45) is 11.1 Å². The average molecular weight is 544 g/mol. The van der Waals surface area contributed by atoms with E-state index in [1.54, 1.807) is 18.6 Å². The van der Waals surface area contributed by atoms with Crippen molar-refractivity contribution < 1.29 is 23.1 Å². The molecule has 0 unspecified atom stereocenters. The van der Waals surface area contributed by atoms with E-state index in [1.807, 2.05) is 10.8 Å². The summed E-state index contributed by atoms with van der Waals surface area (Å²) >= 11 is 0. The number of rotatable bonds is 9. The Bertz CT molecular complexity index is 1710. The Morgan fingerprint density at radius 2 is 1.82 bits per heavy atom. The summed E-state index contributed by atoms with van der Waals surface area (Å²) in [6.45, 7) is 0.622.